The van der Waals surface area contributed by atoms with Crippen molar-refractivity contribution >= 4 is 16.9 Å². The van der Waals surface area contributed by atoms with Crippen LogP contribution in [0.25, 0.3) is 10.9 Å². The zero-order valence-corrected chi connectivity index (χ0v) is 14.1. The van der Waals surface area contributed by atoms with Gasteiger partial charge < -0.3 is 14.7 Å². The predicted octanol–water partition coefficient (Wildman–Crippen LogP) is 3.25. The number of aromatic nitrogens is 1. The number of nitrogens with zero attached hydrogens (tertiary/aromatic N) is 1. The molecule has 4 rings (SSSR count). The van der Waals surface area contributed by atoms with Crippen LogP contribution in [0.1, 0.15) is 12.0 Å². The maximum atomic E-state index is 12.0. The van der Waals surface area contributed by atoms with Crippen molar-refractivity contribution in [3.8, 4) is 5.75 Å². The monoisotopic (exact) mass is 347 g/mol. The highest BCUT2D eigenvalue weighted by molar-refractivity contribution is 5.90. The fraction of sp³-hybridized carbons (Fsp3) is 0.143. The quantitative estimate of drug-likeness (QED) is 0.315. The molecule has 2 aromatic carbocycles. The van der Waals surface area contributed by atoms with Gasteiger partial charge in [-0.05, 0) is 23.8 Å². The third-order valence-corrected chi connectivity index (χ3v) is 4.58. The van der Waals surface area contributed by atoms with Crippen LogP contribution in [0.15, 0.2) is 79.0 Å². The summed E-state index contributed by atoms with van der Waals surface area (Å²) in [6.45, 7) is 3.96. The van der Waals surface area contributed by atoms with E-state index in [9.17, 15) is 10.0 Å². The lowest BCUT2D eigenvalue weighted by Gasteiger charge is -2.27. The smallest absolute Gasteiger partial charge is 0.334 e. The first-order chi connectivity index (χ1) is 12.6. The van der Waals surface area contributed by atoms with Gasteiger partial charge in [-0.3, -0.25) is 0 Å². The molecule has 1 unspecified atom stereocenters. The Labute approximate surface area is 150 Å². The number of cyclic esters (lactones) is 1. The summed E-state index contributed by atoms with van der Waals surface area (Å²) < 4.78 is 12.4. The predicted molar refractivity (Wildman–Crippen MR) is 96.4 cm³/mol. The van der Waals surface area contributed by atoms with Crippen LogP contribution < -0.4 is 9.47 Å². The zero-order valence-electron chi connectivity index (χ0n) is 14.1. The Hall–Kier alpha value is -3.34. The number of hydrogen-bond acceptors (Lipinski definition) is 4. The zero-order chi connectivity index (χ0) is 18.1. The van der Waals surface area contributed by atoms with Gasteiger partial charge in [0.2, 0.25) is 5.52 Å². The molecule has 26 heavy (non-hydrogen) atoms. The number of pyridine rings is 1. The highest BCUT2D eigenvalue weighted by Gasteiger charge is 2.45. The molecule has 0 bridgehead atoms. The minimum Gasteiger partial charge on any atom is -0.618 e. The number of fused-ring (bicyclic) bond motifs is 1. The van der Waals surface area contributed by atoms with Crippen LogP contribution in [-0.4, -0.2) is 12.6 Å². The number of rotatable bonds is 4. The lowest BCUT2D eigenvalue weighted by molar-refractivity contribution is -0.577. The summed E-state index contributed by atoms with van der Waals surface area (Å²) in [7, 11) is 0. The van der Waals surface area contributed by atoms with Crippen molar-refractivity contribution in [2.75, 3.05) is 6.61 Å². The highest BCUT2D eigenvalue weighted by atomic mass is 16.6. The Balaban J connectivity index is 1.63. The van der Waals surface area contributed by atoms with Crippen LogP contribution >= 0.6 is 0 Å². The van der Waals surface area contributed by atoms with E-state index in [1.807, 2.05) is 36.4 Å². The third-order valence-electron chi connectivity index (χ3n) is 4.58. The van der Waals surface area contributed by atoms with Gasteiger partial charge in [-0.15, -0.1) is 0 Å². The van der Waals surface area contributed by atoms with E-state index in [2.05, 4.69) is 6.58 Å². The average Bonchev–Trinajstić information content (AvgIpc) is 2.96. The molecular formula is C21H17NO4. The van der Waals surface area contributed by atoms with Gasteiger partial charge in [0, 0.05) is 24.1 Å². The van der Waals surface area contributed by atoms with Crippen LogP contribution in [0.4, 0.5) is 0 Å². The number of carbonyl (C=O) groups excluding carboxylic acids is 1. The first-order valence-corrected chi connectivity index (χ1v) is 8.29. The number of carbonyl (C=O) groups is 1. The van der Waals surface area contributed by atoms with Crippen molar-refractivity contribution in [3.63, 3.8) is 0 Å². The van der Waals surface area contributed by atoms with Gasteiger partial charge in [-0.25, -0.2) is 4.79 Å². The van der Waals surface area contributed by atoms with Crippen LogP contribution in [0.5, 0.6) is 5.75 Å². The van der Waals surface area contributed by atoms with Crippen molar-refractivity contribution in [2.45, 2.75) is 12.0 Å². The van der Waals surface area contributed by atoms with Gasteiger partial charge in [0.25, 0.3) is 0 Å². The van der Waals surface area contributed by atoms with Gasteiger partial charge in [-0.1, -0.05) is 36.9 Å². The summed E-state index contributed by atoms with van der Waals surface area (Å²) in [6.07, 6.45) is 1.83. The van der Waals surface area contributed by atoms with Gasteiger partial charge in [0.15, 0.2) is 11.8 Å². The van der Waals surface area contributed by atoms with Crippen molar-refractivity contribution in [3.05, 3.63) is 89.8 Å². The second-order valence-electron chi connectivity index (χ2n) is 6.37. The molecule has 1 atom stereocenters. The maximum Gasteiger partial charge on any atom is 0.334 e. The molecule has 1 saturated heterocycles. The van der Waals surface area contributed by atoms with E-state index in [0.29, 0.717) is 23.3 Å². The molecule has 0 aliphatic carbocycles. The Morgan fingerprint density at radius 2 is 1.96 bits per heavy atom. The number of ether oxygens (including phenoxy) is 2. The molecule has 1 aliphatic rings. The van der Waals surface area contributed by atoms with Gasteiger partial charge in [0.05, 0.1) is 5.39 Å². The van der Waals surface area contributed by atoms with Crippen LogP contribution in [0.3, 0.4) is 0 Å². The fourth-order valence-electron chi connectivity index (χ4n) is 3.23. The topological polar surface area (TPSA) is 62.5 Å². The second kappa shape index (κ2) is 6.19. The SMILES string of the molecule is C=C1CC(COc2ccc3c(ccc[n+]3[O-])c2)(c2ccccc2)OC1=O. The van der Waals surface area contributed by atoms with Crippen molar-refractivity contribution in [1.29, 1.82) is 0 Å². The largest absolute Gasteiger partial charge is 0.618 e. The summed E-state index contributed by atoms with van der Waals surface area (Å²) in [6, 6.07) is 18.3. The van der Waals surface area contributed by atoms with E-state index in [1.165, 1.54) is 6.20 Å². The fourth-order valence-corrected chi connectivity index (χ4v) is 3.23. The minimum absolute atomic E-state index is 0.164. The van der Waals surface area contributed by atoms with Gasteiger partial charge in [-0.2, -0.15) is 4.73 Å². The van der Waals surface area contributed by atoms with E-state index in [4.69, 9.17) is 9.47 Å². The second-order valence-corrected chi connectivity index (χ2v) is 6.37. The van der Waals surface area contributed by atoms with E-state index < -0.39 is 11.6 Å². The summed E-state index contributed by atoms with van der Waals surface area (Å²) in [4.78, 5) is 12.0. The Morgan fingerprint density at radius 3 is 2.69 bits per heavy atom. The van der Waals surface area contributed by atoms with E-state index in [0.717, 1.165) is 15.7 Å². The molecule has 130 valence electrons. The molecule has 0 saturated carbocycles. The molecule has 1 aromatic heterocycles. The average molecular weight is 347 g/mol. The normalized spacial score (nSPS) is 19.5. The number of benzene rings is 2. The Bertz CT molecular complexity index is 981. The van der Waals surface area contributed by atoms with Crippen LogP contribution in [-0.2, 0) is 15.1 Å². The highest BCUT2D eigenvalue weighted by Crippen LogP contribution is 2.39. The maximum absolute atomic E-state index is 12.0. The molecule has 0 spiro atoms. The minimum atomic E-state index is -0.889. The third kappa shape index (κ3) is 2.77. The summed E-state index contributed by atoms with van der Waals surface area (Å²) in [5.74, 6) is 0.205. The number of hydrogen-bond donors (Lipinski definition) is 0. The van der Waals surface area contributed by atoms with Crippen molar-refractivity contribution in [1.82, 2.24) is 0 Å². The first-order valence-electron chi connectivity index (χ1n) is 8.29. The van der Waals surface area contributed by atoms with Crippen molar-refractivity contribution in [2.24, 2.45) is 0 Å². The molecule has 5 nitrogen and oxygen atoms in total. The lowest BCUT2D eigenvalue weighted by Crippen LogP contribution is -2.33. The molecule has 0 N–H and O–H groups in total. The van der Waals surface area contributed by atoms with Crippen LogP contribution in [0.2, 0.25) is 0 Å². The molecule has 3 aromatic rings. The lowest BCUT2D eigenvalue weighted by atomic mass is 9.90. The molecular weight excluding hydrogens is 330 g/mol. The summed E-state index contributed by atoms with van der Waals surface area (Å²) >= 11 is 0. The Morgan fingerprint density at radius 1 is 1.15 bits per heavy atom. The molecule has 0 radical (unpaired) electrons. The van der Waals surface area contributed by atoms with E-state index >= 15 is 0 Å². The first kappa shape index (κ1) is 16.1. The molecule has 1 fully saturated rings. The molecule has 2 heterocycles. The van der Waals surface area contributed by atoms with E-state index in [-0.39, 0.29) is 6.61 Å². The van der Waals surface area contributed by atoms with Gasteiger partial charge >= 0.3 is 5.97 Å². The number of esters is 1. The molecule has 0 amide bonds. The standard InChI is InChI=1S/C21H17NO4/c1-15-13-21(26-20(15)23,17-7-3-2-4-8-17)14-25-18-9-10-19-16(12-18)6-5-11-22(19)24/h2-12H,1,13-14H2. The summed E-state index contributed by atoms with van der Waals surface area (Å²) in [5, 5.41) is 12.6. The van der Waals surface area contributed by atoms with Crippen LogP contribution in [0, 0.1) is 5.21 Å². The molecule has 1 aliphatic heterocycles. The summed E-state index contributed by atoms with van der Waals surface area (Å²) in [5.41, 5.74) is 0.978. The molecule has 5 heteroatoms. The Kier molecular flexibility index (Phi) is 3.84. The van der Waals surface area contributed by atoms with Crippen molar-refractivity contribution < 1.29 is 19.0 Å². The van der Waals surface area contributed by atoms with Gasteiger partial charge in [0.1, 0.15) is 12.4 Å². The van der Waals surface area contributed by atoms with E-state index in [1.54, 1.807) is 24.3 Å².